The maximum Gasteiger partial charge on any atom is 0.348 e. The number of carbonyl (C=O) groups excluding carboxylic acids is 1. The third-order valence-corrected chi connectivity index (χ3v) is 4.08. The first-order valence-electron chi connectivity index (χ1n) is 4.57. The van der Waals surface area contributed by atoms with Gasteiger partial charge in [-0.15, -0.1) is 11.3 Å². The Morgan fingerprint density at radius 2 is 2.36 bits per heavy atom. The van der Waals surface area contributed by atoms with Crippen molar-refractivity contribution in [3.8, 4) is 0 Å². The van der Waals surface area contributed by atoms with Crippen LogP contribution >= 0.6 is 27.3 Å². The zero-order chi connectivity index (χ0) is 10.6. The van der Waals surface area contributed by atoms with Gasteiger partial charge in [0, 0.05) is 9.85 Å². The minimum Gasteiger partial charge on any atom is -0.462 e. The van der Waals surface area contributed by atoms with Crippen LogP contribution in [0.4, 0.5) is 0 Å². The molecular formula is C10H13BrO2S. The maximum atomic E-state index is 11.5. The summed E-state index contributed by atoms with van der Waals surface area (Å²) in [5, 5.41) is 1.91. The fourth-order valence-electron chi connectivity index (χ4n) is 0.972. The van der Waals surface area contributed by atoms with Gasteiger partial charge in [-0.2, -0.15) is 0 Å². The lowest BCUT2D eigenvalue weighted by molar-refractivity contribution is 0.0504. The minimum absolute atomic E-state index is 0.202. The highest BCUT2D eigenvalue weighted by atomic mass is 79.9. The number of thiophene rings is 1. The monoisotopic (exact) mass is 276 g/mol. The van der Waals surface area contributed by atoms with Crippen LogP contribution in [0, 0.1) is 6.92 Å². The van der Waals surface area contributed by atoms with Crippen molar-refractivity contribution >= 4 is 33.2 Å². The number of esters is 1. The van der Waals surface area contributed by atoms with Gasteiger partial charge in [0.05, 0.1) is 6.61 Å². The molecule has 0 fully saturated rings. The smallest absolute Gasteiger partial charge is 0.348 e. The van der Waals surface area contributed by atoms with Crippen molar-refractivity contribution in [1.82, 2.24) is 0 Å². The van der Waals surface area contributed by atoms with E-state index < -0.39 is 0 Å². The molecule has 2 nitrogen and oxygen atoms in total. The summed E-state index contributed by atoms with van der Waals surface area (Å²) in [5.41, 5.74) is 0.969. The predicted molar refractivity (Wildman–Crippen MR) is 61.9 cm³/mol. The van der Waals surface area contributed by atoms with Gasteiger partial charge in [0.15, 0.2) is 0 Å². The van der Waals surface area contributed by atoms with Crippen LogP contribution in [0.3, 0.4) is 0 Å². The van der Waals surface area contributed by atoms with E-state index in [1.165, 1.54) is 11.3 Å². The van der Waals surface area contributed by atoms with Crippen LogP contribution in [-0.4, -0.2) is 12.6 Å². The van der Waals surface area contributed by atoms with E-state index in [1.807, 2.05) is 12.3 Å². The SMILES string of the molecule is CCCCOC(=O)c1scc(Br)c1C. The van der Waals surface area contributed by atoms with Crippen molar-refractivity contribution in [3.05, 3.63) is 20.3 Å². The summed E-state index contributed by atoms with van der Waals surface area (Å²) in [7, 11) is 0. The molecule has 0 aliphatic rings. The molecule has 0 unspecified atom stereocenters. The van der Waals surface area contributed by atoms with Crippen LogP contribution < -0.4 is 0 Å². The molecule has 0 aliphatic heterocycles. The summed E-state index contributed by atoms with van der Waals surface area (Å²) in [6.07, 6.45) is 1.97. The second kappa shape index (κ2) is 5.51. The van der Waals surface area contributed by atoms with Crippen LogP contribution in [0.5, 0.6) is 0 Å². The van der Waals surface area contributed by atoms with Crippen LogP contribution in [0.2, 0.25) is 0 Å². The van der Waals surface area contributed by atoms with Gasteiger partial charge in [0.2, 0.25) is 0 Å². The van der Waals surface area contributed by atoms with E-state index in [9.17, 15) is 4.79 Å². The van der Waals surface area contributed by atoms with Gasteiger partial charge < -0.3 is 4.74 Å². The molecule has 1 heterocycles. The van der Waals surface area contributed by atoms with Crippen molar-refractivity contribution in [2.75, 3.05) is 6.61 Å². The van der Waals surface area contributed by atoms with Gasteiger partial charge >= 0.3 is 5.97 Å². The van der Waals surface area contributed by atoms with Crippen LogP contribution in [-0.2, 0) is 4.74 Å². The van der Waals surface area contributed by atoms with Crippen LogP contribution in [0.1, 0.15) is 35.0 Å². The standard InChI is InChI=1S/C10H13BrO2S/c1-3-4-5-13-10(12)9-7(2)8(11)6-14-9/h6H,3-5H2,1-2H3. The Labute approximate surface area is 96.4 Å². The second-order valence-electron chi connectivity index (χ2n) is 3.03. The van der Waals surface area contributed by atoms with Gasteiger partial charge in [-0.05, 0) is 34.8 Å². The number of rotatable bonds is 4. The molecule has 0 amide bonds. The first-order valence-corrected chi connectivity index (χ1v) is 6.24. The summed E-state index contributed by atoms with van der Waals surface area (Å²) >= 11 is 4.79. The quantitative estimate of drug-likeness (QED) is 0.618. The van der Waals surface area contributed by atoms with Gasteiger partial charge in [-0.3, -0.25) is 0 Å². The van der Waals surface area contributed by atoms with E-state index in [0.29, 0.717) is 11.5 Å². The summed E-state index contributed by atoms with van der Waals surface area (Å²) in [5.74, 6) is -0.202. The highest BCUT2D eigenvalue weighted by molar-refractivity contribution is 9.10. The largest absolute Gasteiger partial charge is 0.462 e. The lowest BCUT2D eigenvalue weighted by atomic mass is 10.3. The molecular weight excluding hydrogens is 264 g/mol. The Hall–Kier alpha value is -0.350. The number of hydrogen-bond acceptors (Lipinski definition) is 3. The summed E-state index contributed by atoms with van der Waals surface area (Å²) in [6, 6.07) is 0. The molecule has 0 atom stereocenters. The lowest BCUT2D eigenvalue weighted by Crippen LogP contribution is -2.05. The van der Waals surface area contributed by atoms with Crippen molar-refractivity contribution < 1.29 is 9.53 Å². The van der Waals surface area contributed by atoms with Gasteiger partial charge in [-0.1, -0.05) is 13.3 Å². The summed E-state index contributed by atoms with van der Waals surface area (Å²) in [4.78, 5) is 12.2. The fraction of sp³-hybridized carbons (Fsp3) is 0.500. The Morgan fingerprint density at radius 3 is 2.86 bits per heavy atom. The Bertz CT molecular complexity index is 320. The third-order valence-electron chi connectivity index (χ3n) is 1.90. The zero-order valence-electron chi connectivity index (χ0n) is 8.30. The van der Waals surface area contributed by atoms with E-state index in [4.69, 9.17) is 4.74 Å². The Morgan fingerprint density at radius 1 is 1.64 bits per heavy atom. The molecule has 78 valence electrons. The maximum absolute atomic E-state index is 11.5. The first kappa shape index (κ1) is 11.7. The average Bonchev–Trinajstić information content (AvgIpc) is 2.48. The second-order valence-corrected chi connectivity index (χ2v) is 4.76. The number of carbonyl (C=O) groups is 1. The molecule has 4 heteroatoms. The number of ether oxygens (including phenoxy) is 1. The van der Waals surface area contributed by atoms with Gasteiger partial charge in [0.25, 0.3) is 0 Å². The summed E-state index contributed by atoms with van der Waals surface area (Å²) in [6.45, 7) is 4.50. The molecule has 0 bridgehead atoms. The minimum atomic E-state index is -0.202. The molecule has 1 aromatic rings. The van der Waals surface area contributed by atoms with E-state index in [0.717, 1.165) is 22.9 Å². The molecule has 0 saturated heterocycles. The van der Waals surface area contributed by atoms with Gasteiger partial charge in [-0.25, -0.2) is 4.79 Å². The molecule has 14 heavy (non-hydrogen) atoms. The predicted octanol–water partition coefficient (Wildman–Crippen LogP) is 3.78. The highest BCUT2D eigenvalue weighted by Gasteiger charge is 2.14. The van der Waals surface area contributed by atoms with Gasteiger partial charge in [0.1, 0.15) is 4.88 Å². The van der Waals surface area contributed by atoms with E-state index in [-0.39, 0.29) is 5.97 Å². The van der Waals surface area contributed by atoms with E-state index >= 15 is 0 Å². The Balaban J connectivity index is 2.56. The Kier molecular flexibility index (Phi) is 4.62. The lowest BCUT2D eigenvalue weighted by Gasteiger charge is -2.02. The number of unbranched alkanes of at least 4 members (excludes halogenated alkanes) is 1. The molecule has 0 saturated carbocycles. The molecule has 0 N–H and O–H groups in total. The van der Waals surface area contributed by atoms with Crippen LogP contribution in [0.15, 0.2) is 9.85 Å². The molecule has 1 aromatic heterocycles. The van der Waals surface area contributed by atoms with Crippen LogP contribution in [0.25, 0.3) is 0 Å². The van der Waals surface area contributed by atoms with E-state index in [1.54, 1.807) is 0 Å². The number of halogens is 1. The molecule has 0 spiro atoms. The summed E-state index contributed by atoms with van der Waals surface area (Å²) < 4.78 is 6.09. The molecule has 1 rings (SSSR count). The van der Waals surface area contributed by atoms with Crippen molar-refractivity contribution in [3.63, 3.8) is 0 Å². The highest BCUT2D eigenvalue weighted by Crippen LogP contribution is 2.26. The third kappa shape index (κ3) is 2.82. The molecule has 0 aromatic carbocycles. The van der Waals surface area contributed by atoms with Crippen molar-refractivity contribution in [2.45, 2.75) is 26.7 Å². The first-order chi connectivity index (χ1) is 6.66. The van der Waals surface area contributed by atoms with Crippen molar-refractivity contribution in [1.29, 1.82) is 0 Å². The zero-order valence-corrected chi connectivity index (χ0v) is 10.7. The van der Waals surface area contributed by atoms with E-state index in [2.05, 4.69) is 22.9 Å². The normalized spacial score (nSPS) is 10.2. The number of hydrogen-bond donors (Lipinski definition) is 0. The topological polar surface area (TPSA) is 26.3 Å². The van der Waals surface area contributed by atoms with Crippen molar-refractivity contribution in [2.24, 2.45) is 0 Å². The molecule has 0 radical (unpaired) electrons. The average molecular weight is 277 g/mol. The molecule has 0 aliphatic carbocycles. The fourth-order valence-corrected chi connectivity index (χ4v) is 2.42.